The number of aliphatic hydroxyl groups excluding tert-OH is 8. The predicted molar refractivity (Wildman–Crippen MR) is 66.2 cm³/mol. The van der Waals surface area contributed by atoms with E-state index in [1.54, 1.807) is 0 Å². The standard InChI is InChI=1S/C11H20O11/c12-1-4(15)7(17)6(3-14)22-11(21)10(20)9(19)8(18)5(16)2-13/h3-10,12-13,15-20H,1-2H2/t4-,5-,6-,7-,8-,9+,10-/m1/s1. The molecule has 11 heteroatoms. The van der Waals surface area contributed by atoms with Crippen LogP contribution in [-0.4, -0.2) is 109 Å². The van der Waals surface area contributed by atoms with E-state index < -0.39 is 61.9 Å². The lowest BCUT2D eigenvalue weighted by atomic mass is 10.0. The second-order valence-corrected chi connectivity index (χ2v) is 4.45. The number of esters is 1. The van der Waals surface area contributed by atoms with Gasteiger partial charge in [0, 0.05) is 0 Å². The fraction of sp³-hybridized carbons (Fsp3) is 0.818. The Morgan fingerprint density at radius 1 is 0.864 bits per heavy atom. The zero-order chi connectivity index (χ0) is 17.4. The Balaban J connectivity index is 4.77. The van der Waals surface area contributed by atoms with Crippen molar-refractivity contribution in [1.82, 2.24) is 0 Å². The molecule has 0 rings (SSSR count). The van der Waals surface area contributed by atoms with Crippen LogP contribution < -0.4 is 0 Å². The number of ether oxygens (including phenoxy) is 1. The number of carbonyl (C=O) groups excluding carboxylic acids is 2. The maximum absolute atomic E-state index is 11.5. The van der Waals surface area contributed by atoms with Crippen LogP contribution in [0.25, 0.3) is 0 Å². The molecular formula is C11H20O11. The summed E-state index contributed by atoms with van der Waals surface area (Å²) >= 11 is 0. The highest BCUT2D eigenvalue weighted by Crippen LogP contribution is 2.10. The fourth-order valence-corrected chi connectivity index (χ4v) is 1.37. The van der Waals surface area contributed by atoms with E-state index in [2.05, 4.69) is 4.74 Å². The smallest absolute Gasteiger partial charge is 0.338 e. The predicted octanol–water partition coefficient (Wildman–Crippen LogP) is -5.75. The first-order valence-corrected chi connectivity index (χ1v) is 6.17. The summed E-state index contributed by atoms with van der Waals surface area (Å²) in [6, 6.07) is 0. The molecule has 130 valence electrons. The molecule has 0 fully saturated rings. The molecule has 0 aromatic carbocycles. The van der Waals surface area contributed by atoms with Crippen molar-refractivity contribution < 1.29 is 55.2 Å². The van der Waals surface area contributed by atoms with E-state index in [9.17, 15) is 30.0 Å². The number of carbonyl (C=O) groups is 2. The Labute approximate surface area is 124 Å². The molecule has 11 nitrogen and oxygen atoms in total. The van der Waals surface area contributed by atoms with Crippen LogP contribution in [-0.2, 0) is 14.3 Å². The Morgan fingerprint density at radius 3 is 1.73 bits per heavy atom. The van der Waals surface area contributed by atoms with Gasteiger partial charge in [0.2, 0.25) is 0 Å². The number of hydrogen-bond acceptors (Lipinski definition) is 11. The van der Waals surface area contributed by atoms with Crippen molar-refractivity contribution in [3.63, 3.8) is 0 Å². The maximum atomic E-state index is 11.5. The average Bonchev–Trinajstić information content (AvgIpc) is 2.54. The summed E-state index contributed by atoms with van der Waals surface area (Å²) in [5.74, 6) is -1.64. The molecule has 0 aromatic rings. The SMILES string of the molecule is O=C[C@@H](OC(=O)[C@H](O)[C@@H](O)[C@H](O)[C@H](O)CO)[C@H](O)[C@H](O)CO. The van der Waals surface area contributed by atoms with Gasteiger partial charge >= 0.3 is 5.97 Å². The molecule has 0 bridgehead atoms. The summed E-state index contributed by atoms with van der Waals surface area (Å²) in [4.78, 5) is 22.2. The molecule has 0 unspecified atom stereocenters. The molecule has 7 atom stereocenters. The molecule has 0 spiro atoms. The largest absolute Gasteiger partial charge is 0.450 e. The van der Waals surface area contributed by atoms with Gasteiger partial charge in [0.1, 0.15) is 30.5 Å². The molecule has 0 amide bonds. The molecule has 0 saturated heterocycles. The van der Waals surface area contributed by atoms with Gasteiger partial charge in [-0.15, -0.1) is 0 Å². The topological polar surface area (TPSA) is 205 Å². The molecule has 0 aliphatic carbocycles. The van der Waals surface area contributed by atoms with Gasteiger partial charge in [0.25, 0.3) is 0 Å². The average molecular weight is 328 g/mol. The number of hydrogen-bond donors (Lipinski definition) is 8. The zero-order valence-corrected chi connectivity index (χ0v) is 11.3. The lowest BCUT2D eigenvalue weighted by Crippen LogP contribution is -2.51. The monoisotopic (exact) mass is 328 g/mol. The van der Waals surface area contributed by atoms with Crippen LogP contribution >= 0.6 is 0 Å². The summed E-state index contributed by atoms with van der Waals surface area (Å²) < 4.78 is 4.34. The summed E-state index contributed by atoms with van der Waals surface area (Å²) in [5, 5.41) is 72.9. The fourth-order valence-electron chi connectivity index (χ4n) is 1.37. The zero-order valence-electron chi connectivity index (χ0n) is 11.3. The number of aldehydes is 1. The van der Waals surface area contributed by atoms with Gasteiger partial charge in [-0.25, -0.2) is 4.79 Å². The molecule has 0 aliphatic heterocycles. The first kappa shape index (κ1) is 20.8. The number of aliphatic hydroxyl groups is 8. The van der Waals surface area contributed by atoms with Crippen molar-refractivity contribution in [2.75, 3.05) is 13.2 Å². The van der Waals surface area contributed by atoms with E-state index in [1.807, 2.05) is 0 Å². The minimum absolute atomic E-state index is 0.0838. The van der Waals surface area contributed by atoms with Gasteiger partial charge < -0.3 is 45.6 Å². The van der Waals surface area contributed by atoms with Crippen LogP contribution in [0.2, 0.25) is 0 Å². The second-order valence-electron chi connectivity index (χ2n) is 4.45. The molecule has 0 heterocycles. The molecule has 22 heavy (non-hydrogen) atoms. The van der Waals surface area contributed by atoms with Crippen LogP contribution in [0, 0.1) is 0 Å². The second kappa shape index (κ2) is 9.76. The first-order chi connectivity index (χ1) is 10.2. The van der Waals surface area contributed by atoms with Crippen molar-refractivity contribution in [2.24, 2.45) is 0 Å². The van der Waals surface area contributed by atoms with Gasteiger partial charge in [-0.1, -0.05) is 0 Å². The molecule has 0 radical (unpaired) electrons. The molecule has 0 aliphatic rings. The molecule has 0 saturated carbocycles. The van der Waals surface area contributed by atoms with Crippen molar-refractivity contribution in [3.8, 4) is 0 Å². The Morgan fingerprint density at radius 2 is 1.32 bits per heavy atom. The van der Waals surface area contributed by atoms with Crippen molar-refractivity contribution >= 4 is 12.3 Å². The van der Waals surface area contributed by atoms with Crippen LogP contribution in [0.5, 0.6) is 0 Å². The van der Waals surface area contributed by atoms with Crippen molar-refractivity contribution in [2.45, 2.75) is 42.7 Å². The molecular weight excluding hydrogens is 308 g/mol. The third kappa shape index (κ3) is 5.55. The Kier molecular flexibility index (Phi) is 9.24. The molecule has 0 aromatic heterocycles. The third-order valence-corrected chi connectivity index (χ3v) is 2.80. The van der Waals surface area contributed by atoms with E-state index in [1.165, 1.54) is 0 Å². The summed E-state index contributed by atoms with van der Waals surface area (Å²) in [6.45, 7) is -1.89. The quantitative estimate of drug-likeness (QED) is 0.140. The van der Waals surface area contributed by atoms with Crippen molar-refractivity contribution in [3.05, 3.63) is 0 Å². The lowest BCUT2D eigenvalue weighted by molar-refractivity contribution is -0.183. The Hall–Kier alpha value is -1.18. The summed E-state index contributed by atoms with van der Waals surface area (Å²) in [5.41, 5.74) is 0. The maximum Gasteiger partial charge on any atom is 0.338 e. The van der Waals surface area contributed by atoms with E-state index >= 15 is 0 Å². The first-order valence-electron chi connectivity index (χ1n) is 6.17. The van der Waals surface area contributed by atoms with Crippen molar-refractivity contribution in [1.29, 1.82) is 0 Å². The highest BCUT2D eigenvalue weighted by molar-refractivity contribution is 5.77. The molecule has 8 N–H and O–H groups in total. The van der Waals surface area contributed by atoms with Gasteiger partial charge in [0.05, 0.1) is 13.2 Å². The van der Waals surface area contributed by atoms with Crippen LogP contribution in [0.15, 0.2) is 0 Å². The normalized spacial score (nSPS) is 21.1. The van der Waals surface area contributed by atoms with Gasteiger partial charge in [-0.05, 0) is 0 Å². The lowest BCUT2D eigenvalue weighted by Gasteiger charge is -2.26. The van der Waals surface area contributed by atoms with Gasteiger partial charge in [-0.2, -0.15) is 0 Å². The van der Waals surface area contributed by atoms with E-state index in [4.69, 9.17) is 20.4 Å². The van der Waals surface area contributed by atoms with E-state index in [0.717, 1.165) is 0 Å². The van der Waals surface area contributed by atoms with Gasteiger partial charge in [-0.3, -0.25) is 4.79 Å². The third-order valence-electron chi connectivity index (χ3n) is 2.80. The van der Waals surface area contributed by atoms with E-state index in [0.29, 0.717) is 0 Å². The Bertz CT molecular complexity index is 349. The van der Waals surface area contributed by atoms with Crippen LogP contribution in [0.4, 0.5) is 0 Å². The van der Waals surface area contributed by atoms with Crippen LogP contribution in [0.3, 0.4) is 0 Å². The van der Waals surface area contributed by atoms with Crippen LogP contribution in [0.1, 0.15) is 0 Å². The minimum Gasteiger partial charge on any atom is -0.450 e. The van der Waals surface area contributed by atoms with E-state index in [-0.39, 0.29) is 6.29 Å². The number of rotatable bonds is 10. The van der Waals surface area contributed by atoms with Gasteiger partial charge in [0.15, 0.2) is 18.5 Å². The summed E-state index contributed by atoms with van der Waals surface area (Å²) in [6.07, 6.45) is -14.4. The highest BCUT2D eigenvalue weighted by Gasteiger charge is 2.37. The summed E-state index contributed by atoms with van der Waals surface area (Å²) in [7, 11) is 0. The highest BCUT2D eigenvalue weighted by atomic mass is 16.6. The minimum atomic E-state index is -2.41.